The van der Waals surface area contributed by atoms with Crippen LogP contribution in [0, 0.1) is 12.8 Å². The average Bonchev–Trinajstić information content (AvgIpc) is 3.65. The second-order valence-corrected chi connectivity index (χ2v) is 17.6. The van der Waals surface area contributed by atoms with Crippen LogP contribution in [-0.2, 0) is 15.6 Å². The Morgan fingerprint density at radius 1 is 0.811 bits per heavy atom. The third kappa shape index (κ3) is 6.83. The molecule has 276 valence electrons. The van der Waals surface area contributed by atoms with Gasteiger partial charge in [-0.1, -0.05) is 92.2 Å². The molecule has 3 aromatic carbocycles. The van der Waals surface area contributed by atoms with E-state index >= 15 is 0 Å². The molecule has 1 unspecified atom stereocenters. The zero-order chi connectivity index (χ0) is 38.0. The lowest BCUT2D eigenvalue weighted by molar-refractivity contribution is 0.108. The smallest absolute Gasteiger partial charge is 0.137 e. The lowest BCUT2D eigenvalue weighted by Crippen LogP contribution is -2.29. The van der Waals surface area contributed by atoms with Gasteiger partial charge in [0.1, 0.15) is 17.3 Å². The van der Waals surface area contributed by atoms with Crippen molar-refractivity contribution in [2.75, 3.05) is 7.11 Å². The van der Waals surface area contributed by atoms with Crippen molar-refractivity contribution in [2.45, 2.75) is 111 Å². The van der Waals surface area contributed by atoms with E-state index in [1.54, 1.807) is 0 Å². The number of para-hydroxylation sites is 1. The first-order valence-corrected chi connectivity index (χ1v) is 19.2. The largest absolute Gasteiger partial charge is 0.457 e. The molecule has 7 rings (SSSR count). The molecule has 0 bridgehead atoms. The van der Waals surface area contributed by atoms with Crippen molar-refractivity contribution < 1.29 is 9.47 Å². The molecule has 0 fully saturated rings. The summed E-state index contributed by atoms with van der Waals surface area (Å²) in [6.45, 7) is 25.1. The van der Waals surface area contributed by atoms with Gasteiger partial charge in [-0.2, -0.15) is 5.10 Å². The number of hydrogen-bond acceptors (Lipinski definition) is 4. The standard InChI is InChI=1S/C47H56N4O2/c1-28(2)32-24-33(51-45(47(9,10)11)43(44(49-51)46(6,7)8)42-30(4)22-35(52-12)23-31(42)5)26-36(25-32)53-34-17-18-38-37-15-13-14-16-39(37)50(40(38)27-34)41-21-29(3)19-20-48-41/h13-22,24-28,31,35,42H,23H2,1-12H3/t31-,35?,42+/m0/s1. The predicted molar refractivity (Wildman–Crippen MR) is 220 cm³/mol. The zero-order valence-electron chi connectivity index (χ0n) is 33.7. The van der Waals surface area contributed by atoms with E-state index in [-0.39, 0.29) is 22.9 Å². The van der Waals surface area contributed by atoms with Crippen LogP contribution in [0.3, 0.4) is 0 Å². The Morgan fingerprint density at radius 2 is 1.55 bits per heavy atom. The lowest BCUT2D eigenvalue weighted by Gasteiger charge is -2.36. The van der Waals surface area contributed by atoms with E-state index in [1.165, 1.54) is 38.7 Å². The van der Waals surface area contributed by atoms with Gasteiger partial charge in [-0.3, -0.25) is 4.57 Å². The second-order valence-electron chi connectivity index (χ2n) is 17.6. The van der Waals surface area contributed by atoms with Crippen LogP contribution in [0.2, 0.25) is 0 Å². The Morgan fingerprint density at radius 3 is 2.21 bits per heavy atom. The first-order chi connectivity index (χ1) is 25.0. The molecule has 3 heterocycles. The molecule has 0 aliphatic heterocycles. The highest BCUT2D eigenvalue weighted by Gasteiger charge is 2.40. The Labute approximate surface area is 315 Å². The molecule has 6 aromatic rings. The van der Waals surface area contributed by atoms with E-state index < -0.39 is 0 Å². The average molecular weight is 709 g/mol. The van der Waals surface area contributed by atoms with Gasteiger partial charge in [0.15, 0.2) is 0 Å². The molecule has 6 heteroatoms. The van der Waals surface area contributed by atoms with E-state index in [9.17, 15) is 0 Å². The summed E-state index contributed by atoms with van der Waals surface area (Å²) in [6.07, 6.45) is 5.34. The minimum atomic E-state index is -0.179. The zero-order valence-corrected chi connectivity index (χ0v) is 33.7. The molecule has 53 heavy (non-hydrogen) atoms. The van der Waals surface area contributed by atoms with Crippen molar-refractivity contribution in [3.05, 3.63) is 119 Å². The van der Waals surface area contributed by atoms with Crippen LogP contribution in [0.5, 0.6) is 11.5 Å². The van der Waals surface area contributed by atoms with Gasteiger partial charge in [-0.25, -0.2) is 9.67 Å². The fourth-order valence-corrected chi connectivity index (χ4v) is 8.44. The molecule has 3 atom stereocenters. The van der Waals surface area contributed by atoms with Gasteiger partial charge in [0, 0.05) is 58.5 Å². The summed E-state index contributed by atoms with van der Waals surface area (Å²) in [5.74, 6) is 3.42. The Kier molecular flexibility index (Phi) is 9.43. The molecule has 0 N–H and O–H groups in total. The summed E-state index contributed by atoms with van der Waals surface area (Å²) in [5, 5.41) is 7.92. The molecule has 0 amide bonds. The molecule has 0 saturated heterocycles. The quantitative estimate of drug-likeness (QED) is 0.155. The number of rotatable bonds is 7. The molecular formula is C47H56N4O2. The number of aromatic nitrogens is 4. The van der Waals surface area contributed by atoms with Crippen LogP contribution in [0.4, 0.5) is 0 Å². The van der Waals surface area contributed by atoms with Crippen LogP contribution in [-0.4, -0.2) is 32.5 Å². The fourth-order valence-electron chi connectivity index (χ4n) is 8.44. The predicted octanol–water partition coefficient (Wildman–Crippen LogP) is 12.3. The van der Waals surface area contributed by atoms with Crippen molar-refractivity contribution in [2.24, 2.45) is 5.92 Å². The van der Waals surface area contributed by atoms with Crippen molar-refractivity contribution in [3.8, 4) is 23.0 Å². The van der Waals surface area contributed by atoms with Gasteiger partial charge in [-0.15, -0.1) is 0 Å². The van der Waals surface area contributed by atoms with E-state index in [2.05, 4.69) is 158 Å². The molecule has 0 radical (unpaired) electrons. The highest BCUT2D eigenvalue weighted by Crippen LogP contribution is 2.48. The van der Waals surface area contributed by atoms with Gasteiger partial charge in [-0.05, 0) is 85.7 Å². The minimum Gasteiger partial charge on any atom is -0.457 e. The van der Waals surface area contributed by atoms with Gasteiger partial charge in [0.05, 0.1) is 34.2 Å². The van der Waals surface area contributed by atoms with Crippen molar-refractivity contribution in [3.63, 3.8) is 0 Å². The van der Waals surface area contributed by atoms with E-state index in [0.29, 0.717) is 11.8 Å². The number of allylic oxidation sites excluding steroid dienone is 1. The SMILES string of the molecule is COC1C=C(C)[C@@H](c2c(C(C)(C)C)nn(-c3cc(Oc4ccc5c6ccccc6n(-c6cc(C)ccn6)c5c4)cc(C(C)C)c3)c2C(C)(C)C)[C@@H](C)C1. The maximum absolute atomic E-state index is 6.86. The second kappa shape index (κ2) is 13.6. The fraction of sp³-hybridized carbons (Fsp3) is 0.404. The Balaban J connectivity index is 1.40. The molecule has 6 nitrogen and oxygen atoms in total. The summed E-state index contributed by atoms with van der Waals surface area (Å²) in [5.41, 5.74) is 10.4. The third-order valence-corrected chi connectivity index (χ3v) is 10.9. The molecule has 0 saturated carbocycles. The van der Waals surface area contributed by atoms with Crippen LogP contribution >= 0.6 is 0 Å². The van der Waals surface area contributed by atoms with Crippen LogP contribution in [0.25, 0.3) is 33.3 Å². The minimum absolute atomic E-state index is 0.142. The summed E-state index contributed by atoms with van der Waals surface area (Å²) >= 11 is 0. The van der Waals surface area contributed by atoms with E-state index in [0.717, 1.165) is 46.2 Å². The molecule has 1 aliphatic rings. The molecule has 3 aromatic heterocycles. The Hall–Kier alpha value is -4.68. The first-order valence-electron chi connectivity index (χ1n) is 19.2. The first kappa shape index (κ1) is 36.7. The van der Waals surface area contributed by atoms with E-state index in [1.807, 2.05) is 19.4 Å². The number of pyridine rings is 1. The van der Waals surface area contributed by atoms with Crippen LogP contribution in [0.15, 0.2) is 90.6 Å². The van der Waals surface area contributed by atoms with Gasteiger partial charge < -0.3 is 9.47 Å². The van der Waals surface area contributed by atoms with Crippen LogP contribution < -0.4 is 4.74 Å². The number of benzene rings is 3. The Bertz CT molecular complexity index is 2340. The number of methoxy groups -OCH3 is 1. The lowest BCUT2D eigenvalue weighted by atomic mass is 9.69. The number of nitrogens with zero attached hydrogens (tertiary/aromatic N) is 4. The van der Waals surface area contributed by atoms with Crippen molar-refractivity contribution in [1.29, 1.82) is 0 Å². The summed E-state index contributed by atoms with van der Waals surface area (Å²) in [4.78, 5) is 4.78. The monoisotopic (exact) mass is 708 g/mol. The topological polar surface area (TPSA) is 54.1 Å². The summed E-state index contributed by atoms with van der Waals surface area (Å²) in [6, 6.07) is 25.8. The van der Waals surface area contributed by atoms with Gasteiger partial charge in [0.2, 0.25) is 0 Å². The molecule has 1 aliphatic carbocycles. The molecule has 0 spiro atoms. The number of hydrogen-bond donors (Lipinski definition) is 0. The highest BCUT2D eigenvalue weighted by molar-refractivity contribution is 6.09. The van der Waals surface area contributed by atoms with E-state index in [4.69, 9.17) is 19.6 Å². The number of aryl methyl sites for hydroxylation is 1. The summed E-state index contributed by atoms with van der Waals surface area (Å²) < 4.78 is 17.2. The summed E-state index contributed by atoms with van der Waals surface area (Å²) in [7, 11) is 1.82. The molecular weight excluding hydrogens is 653 g/mol. The maximum atomic E-state index is 6.86. The number of fused-ring (bicyclic) bond motifs is 3. The maximum Gasteiger partial charge on any atom is 0.137 e. The van der Waals surface area contributed by atoms with Crippen molar-refractivity contribution >= 4 is 21.8 Å². The van der Waals surface area contributed by atoms with Gasteiger partial charge >= 0.3 is 0 Å². The number of ether oxygens (including phenoxy) is 2. The normalized spacial score (nSPS) is 18.3. The van der Waals surface area contributed by atoms with Crippen LogP contribution in [0.1, 0.15) is 116 Å². The van der Waals surface area contributed by atoms with Gasteiger partial charge in [0.25, 0.3) is 0 Å². The van der Waals surface area contributed by atoms with Crippen molar-refractivity contribution in [1.82, 2.24) is 19.3 Å². The third-order valence-electron chi connectivity index (χ3n) is 10.9. The highest BCUT2D eigenvalue weighted by atomic mass is 16.5.